The maximum atomic E-state index is 11.5. The van der Waals surface area contributed by atoms with Gasteiger partial charge >= 0.3 is 12.7 Å². The smallest absolute Gasteiger partial charge is 0.396 e. The van der Waals surface area contributed by atoms with Gasteiger partial charge in [-0.05, 0) is 28.7 Å². The molecule has 0 aromatic heterocycles. The standard InChI is InChI=1S/C17H22BN2O6/c1-11(21)20-16(18(24,25)26-10-15(19)17(22)23)9-13-7-4-6-12-5-2-3-8-14(12)13/h2-8,15-16,24-25H,9-10,19H2,1H3,(H,20,21)(H,22,23)/q-1/t15-,16-/m0/s1. The van der Waals surface area contributed by atoms with E-state index in [1.165, 1.54) is 6.92 Å². The Morgan fingerprint density at radius 1 is 1.19 bits per heavy atom. The number of amides is 1. The summed E-state index contributed by atoms with van der Waals surface area (Å²) in [5.74, 6) is -2.98. The van der Waals surface area contributed by atoms with Gasteiger partial charge in [-0.3, -0.25) is 9.59 Å². The molecule has 2 atom stereocenters. The third-order valence-electron chi connectivity index (χ3n) is 4.07. The Bertz CT molecular complexity index is 792. The first-order valence-corrected chi connectivity index (χ1v) is 8.16. The lowest BCUT2D eigenvalue weighted by atomic mass is 9.66. The number of nitrogens with two attached hydrogens (primary N) is 1. The first-order valence-electron chi connectivity index (χ1n) is 8.16. The van der Waals surface area contributed by atoms with Gasteiger partial charge in [-0.1, -0.05) is 42.5 Å². The van der Waals surface area contributed by atoms with Crippen molar-refractivity contribution in [2.24, 2.45) is 5.73 Å². The van der Waals surface area contributed by atoms with Gasteiger partial charge in [-0.2, -0.15) is 0 Å². The first kappa shape index (κ1) is 19.9. The SMILES string of the molecule is CC(=O)N[C@@H](Cc1cccc2ccccc12)[B-](O)(O)OC[C@H](N)C(=O)O. The summed E-state index contributed by atoms with van der Waals surface area (Å²) in [6, 6.07) is 11.7. The van der Waals surface area contributed by atoms with Gasteiger partial charge in [-0.25, -0.2) is 0 Å². The zero-order chi connectivity index (χ0) is 19.3. The van der Waals surface area contributed by atoms with Gasteiger partial charge in [0, 0.05) is 13.5 Å². The Balaban J connectivity index is 2.25. The molecule has 1 amide bonds. The van der Waals surface area contributed by atoms with E-state index < -0.39 is 37.2 Å². The highest BCUT2D eigenvalue weighted by molar-refractivity contribution is 6.60. The Morgan fingerprint density at radius 3 is 2.50 bits per heavy atom. The molecular weight excluding hydrogens is 339 g/mol. The lowest BCUT2D eigenvalue weighted by Crippen LogP contribution is -2.61. The van der Waals surface area contributed by atoms with Gasteiger partial charge < -0.3 is 30.9 Å². The van der Waals surface area contributed by atoms with Crippen molar-refractivity contribution in [1.29, 1.82) is 0 Å². The van der Waals surface area contributed by atoms with Crippen molar-refractivity contribution < 1.29 is 29.4 Å². The molecule has 140 valence electrons. The molecular formula is C17H22BN2O6-. The van der Waals surface area contributed by atoms with Crippen molar-refractivity contribution in [2.75, 3.05) is 6.61 Å². The van der Waals surface area contributed by atoms with Crippen molar-refractivity contribution >= 4 is 29.4 Å². The Morgan fingerprint density at radius 2 is 1.85 bits per heavy atom. The number of hydrogen-bond donors (Lipinski definition) is 5. The minimum Gasteiger partial charge on any atom is -0.558 e. The lowest BCUT2D eigenvalue weighted by Gasteiger charge is -2.38. The number of carbonyl (C=O) groups excluding carboxylic acids is 1. The summed E-state index contributed by atoms with van der Waals surface area (Å²) in [6.45, 7) is -2.90. The average molecular weight is 361 g/mol. The number of hydrogen-bond acceptors (Lipinski definition) is 6. The van der Waals surface area contributed by atoms with E-state index in [1.54, 1.807) is 0 Å². The fourth-order valence-corrected chi connectivity index (χ4v) is 2.71. The molecule has 8 nitrogen and oxygen atoms in total. The number of fused-ring (bicyclic) bond motifs is 1. The molecule has 9 heteroatoms. The second-order valence-corrected chi connectivity index (χ2v) is 6.19. The molecule has 0 saturated carbocycles. The molecule has 0 aliphatic carbocycles. The molecule has 0 aliphatic heterocycles. The highest BCUT2D eigenvalue weighted by atomic mass is 16.6. The summed E-state index contributed by atoms with van der Waals surface area (Å²) in [5, 5.41) is 33.8. The number of carboxylic acid groups (broad SMARTS) is 1. The van der Waals surface area contributed by atoms with Crippen LogP contribution in [0.4, 0.5) is 0 Å². The minimum atomic E-state index is -3.54. The zero-order valence-corrected chi connectivity index (χ0v) is 14.3. The van der Waals surface area contributed by atoms with Crippen LogP contribution >= 0.6 is 0 Å². The van der Waals surface area contributed by atoms with E-state index in [0.29, 0.717) is 0 Å². The van der Waals surface area contributed by atoms with Crippen LogP contribution in [0.25, 0.3) is 10.8 Å². The monoisotopic (exact) mass is 361 g/mol. The molecule has 0 spiro atoms. The number of carboxylic acids is 1. The summed E-state index contributed by atoms with van der Waals surface area (Å²) < 4.78 is 4.95. The molecule has 0 saturated heterocycles. The van der Waals surface area contributed by atoms with Crippen LogP contribution in [0, 0.1) is 0 Å². The van der Waals surface area contributed by atoms with E-state index in [4.69, 9.17) is 15.5 Å². The van der Waals surface area contributed by atoms with Crippen LogP contribution in [0.2, 0.25) is 0 Å². The van der Waals surface area contributed by atoms with Crippen molar-refractivity contribution in [3.05, 3.63) is 48.0 Å². The van der Waals surface area contributed by atoms with E-state index in [0.717, 1.165) is 16.3 Å². The van der Waals surface area contributed by atoms with Gasteiger partial charge in [0.1, 0.15) is 6.04 Å². The Hall–Kier alpha value is -2.46. The predicted octanol–water partition coefficient (Wildman–Crippen LogP) is -0.222. The largest absolute Gasteiger partial charge is 0.558 e. The molecule has 2 rings (SSSR count). The third-order valence-corrected chi connectivity index (χ3v) is 4.07. The summed E-state index contributed by atoms with van der Waals surface area (Å²) >= 11 is 0. The van der Waals surface area contributed by atoms with Gasteiger partial charge in [0.2, 0.25) is 5.91 Å². The average Bonchev–Trinajstić information content (AvgIpc) is 2.59. The molecule has 0 bridgehead atoms. The van der Waals surface area contributed by atoms with Crippen LogP contribution in [-0.4, -0.2) is 52.4 Å². The summed E-state index contributed by atoms with van der Waals surface area (Å²) in [4.78, 5) is 22.3. The number of carbonyl (C=O) groups is 2. The van der Waals surface area contributed by atoms with Crippen LogP contribution < -0.4 is 11.1 Å². The molecule has 26 heavy (non-hydrogen) atoms. The fourth-order valence-electron chi connectivity index (χ4n) is 2.71. The number of benzene rings is 2. The van der Waals surface area contributed by atoms with Gasteiger partial charge in [0.25, 0.3) is 0 Å². The molecule has 2 aromatic carbocycles. The number of rotatable bonds is 8. The first-order chi connectivity index (χ1) is 12.2. The Labute approximate surface area is 150 Å². The van der Waals surface area contributed by atoms with Crippen LogP contribution in [0.3, 0.4) is 0 Å². The van der Waals surface area contributed by atoms with Crippen molar-refractivity contribution in [2.45, 2.75) is 25.3 Å². The maximum absolute atomic E-state index is 11.5. The van der Waals surface area contributed by atoms with Crippen LogP contribution in [-0.2, 0) is 20.7 Å². The van der Waals surface area contributed by atoms with Gasteiger partial charge in [0.15, 0.2) is 0 Å². The quantitative estimate of drug-likeness (QED) is 0.409. The van der Waals surface area contributed by atoms with Crippen molar-refractivity contribution in [3.63, 3.8) is 0 Å². The van der Waals surface area contributed by atoms with E-state index in [1.807, 2.05) is 42.5 Å². The van der Waals surface area contributed by atoms with Gasteiger partial charge in [0.05, 0.1) is 0 Å². The van der Waals surface area contributed by atoms with E-state index in [-0.39, 0.29) is 6.42 Å². The second-order valence-electron chi connectivity index (χ2n) is 6.19. The molecule has 0 radical (unpaired) electrons. The van der Waals surface area contributed by atoms with Crippen LogP contribution in [0.5, 0.6) is 0 Å². The molecule has 0 unspecified atom stereocenters. The topological polar surface area (TPSA) is 142 Å². The molecule has 0 heterocycles. The maximum Gasteiger partial charge on any atom is 0.396 e. The predicted molar refractivity (Wildman–Crippen MR) is 97.0 cm³/mol. The summed E-state index contributed by atoms with van der Waals surface area (Å²) in [6.07, 6.45) is 0.0796. The fraction of sp³-hybridized carbons (Fsp3) is 0.294. The van der Waals surface area contributed by atoms with E-state index in [9.17, 15) is 19.6 Å². The second kappa shape index (κ2) is 8.28. The minimum absolute atomic E-state index is 0.0796. The Kier molecular flexibility index (Phi) is 6.33. The highest BCUT2D eigenvalue weighted by Gasteiger charge is 2.34. The summed E-state index contributed by atoms with van der Waals surface area (Å²) in [5.41, 5.74) is 6.11. The highest BCUT2D eigenvalue weighted by Crippen LogP contribution is 2.21. The van der Waals surface area contributed by atoms with Gasteiger partial charge in [-0.15, -0.1) is 0 Å². The number of nitrogens with one attached hydrogen (secondary N) is 1. The van der Waals surface area contributed by atoms with E-state index >= 15 is 0 Å². The van der Waals surface area contributed by atoms with Crippen LogP contribution in [0.1, 0.15) is 12.5 Å². The van der Waals surface area contributed by atoms with Crippen molar-refractivity contribution in [1.82, 2.24) is 5.32 Å². The molecule has 0 aliphatic rings. The normalized spacial score (nSPS) is 14.0. The van der Waals surface area contributed by atoms with E-state index in [2.05, 4.69) is 5.32 Å². The molecule has 6 N–H and O–H groups in total. The zero-order valence-electron chi connectivity index (χ0n) is 14.3. The molecule has 0 fully saturated rings. The molecule has 2 aromatic rings. The summed E-state index contributed by atoms with van der Waals surface area (Å²) in [7, 11) is 0. The van der Waals surface area contributed by atoms with Crippen LogP contribution in [0.15, 0.2) is 42.5 Å². The lowest BCUT2D eigenvalue weighted by molar-refractivity contribution is -0.139. The number of aliphatic carboxylic acids is 1. The third kappa shape index (κ3) is 5.02. The van der Waals surface area contributed by atoms with Crippen molar-refractivity contribution in [3.8, 4) is 0 Å².